The third kappa shape index (κ3) is 6.04. The van der Waals surface area contributed by atoms with E-state index in [1.54, 1.807) is 42.1 Å². The van der Waals surface area contributed by atoms with Gasteiger partial charge in [0.1, 0.15) is 5.82 Å². The van der Waals surface area contributed by atoms with Gasteiger partial charge >= 0.3 is 0 Å². The van der Waals surface area contributed by atoms with Crippen LogP contribution in [0.15, 0.2) is 97.2 Å². The zero-order valence-electron chi connectivity index (χ0n) is 18.0. The van der Waals surface area contributed by atoms with Gasteiger partial charge in [-0.3, -0.25) is 4.79 Å². The van der Waals surface area contributed by atoms with Crippen LogP contribution in [0.3, 0.4) is 0 Å². The lowest BCUT2D eigenvalue weighted by Crippen LogP contribution is -3.00. The van der Waals surface area contributed by atoms with Gasteiger partial charge in [0.25, 0.3) is 0 Å². The number of benzene rings is 3. The van der Waals surface area contributed by atoms with E-state index < -0.39 is 6.10 Å². The number of ketones is 1. The van der Waals surface area contributed by atoms with Crippen LogP contribution in [-0.2, 0) is 6.42 Å². The van der Waals surface area contributed by atoms with Gasteiger partial charge in [0.2, 0.25) is 17.6 Å². The third-order valence-corrected chi connectivity index (χ3v) is 5.01. The standard InChI is InChI=1S/C27H23FNO3.ClH/c1-19(30)16-25-17-22(20-6-3-2-4-7-20)14-15-29(25)32-26-9-5-8-23(18-26)27(31)21-10-12-24(28)13-11-21;/h2-15,17-19,30H,16H2,1H3;1H/q+1;/p-1. The normalized spacial score (nSPS) is 11.4. The summed E-state index contributed by atoms with van der Waals surface area (Å²) in [4.78, 5) is 18.8. The monoisotopic (exact) mass is 463 g/mol. The lowest BCUT2D eigenvalue weighted by molar-refractivity contribution is -0.880. The topological polar surface area (TPSA) is 50.4 Å². The van der Waals surface area contributed by atoms with Crippen LogP contribution >= 0.6 is 0 Å². The van der Waals surface area contributed by atoms with Gasteiger partial charge in [-0.15, -0.1) is 0 Å². The molecule has 0 saturated carbocycles. The summed E-state index contributed by atoms with van der Waals surface area (Å²) in [5.74, 6) is -0.133. The molecule has 1 aromatic heterocycles. The first-order valence-corrected chi connectivity index (χ1v) is 10.4. The molecule has 4 rings (SSSR count). The van der Waals surface area contributed by atoms with Gasteiger partial charge in [-0.25, -0.2) is 9.23 Å². The lowest BCUT2D eigenvalue weighted by atomic mass is 10.0. The van der Waals surface area contributed by atoms with Gasteiger partial charge in [-0.05, 0) is 54.4 Å². The molecule has 1 unspecified atom stereocenters. The van der Waals surface area contributed by atoms with Crippen LogP contribution in [0.5, 0.6) is 5.75 Å². The Morgan fingerprint density at radius 3 is 2.33 bits per heavy atom. The molecular formula is C27H23ClFNO3. The van der Waals surface area contributed by atoms with Crippen molar-refractivity contribution in [2.24, 2.45) is 0 Å². The first kappa shape index (κ1) is 24.1. The van der Waals surface area contributed by atoms with Crippen molar-refractivity contribution in [1.29, 1.82) is 0 Å². The maximum absolute atomic E-state index is 13.2. The number of rotatable bonds is 7. The molecule has 0 fully saturated rings. The largest absolute Gasteiger partial charge is 1.00 e. The first-order chi connectivity index (χ1) is 15.5. The molecule has 6 heteroatoms. The summed E-state index contributed by atoms with van der Waals surface area (Å²) in [5, 5.41) is 9.98. The number of hydrogen-bond acceptors (Lipinski definition) is 3. The van der Waals surface area contributed by atoms with Crippen molar-refractivity contribution < 1.29 is 36.3 Å². The van der Waals surface area contributed by atoms with E-state index in [1.165, 1.54) is 24.3 Å². The smallest absolute Gasteiger partial charge is 0.238 e. The van der Waals surface area contributed by atoms with Gasteiger partial charge in [-0.1, -0.05) is 42.5 Å². The van der Waals surface area contributed by atoms with Crippen molar-refractivity contribution in [3.05, 3.63) is 120 Å². The highest BCUT2D eigenvalue weighted by atomic mass is 35.5. The molecule has 0 bridgehead atoms. The van der Waals surface area contributed by atoms with Crippen LogP contribution in [0, 0.1) is 5.82 Å². The Kier molecular flexibility index (Phi) is 7.93. The minimum absolute atomic E-state index is 0. The minimum Gasteiger partial charge on any atom is -1.00 e. The van der Waals surface area contributed by atoms with Crippen molar-refractivity contribution >= 4 is 5.78 Å². The van der Waals surface area contributed by atoms with Crippen LogP contribution in [0.2, 0.25) is 0 Å². The number of halogens is 2. The second-order valence-electron chi connectivity index (χ2n) is 7.61. The summed E-state index contributed by atoms with van der Waals surface area (Å²) in [5.41, 5.74) is 3.71. The van der Waals surface area contributed by atoms with E-state index in [1.807, 2.05) is 42.5 Å². The molecule has 0 amide bonds. The summed E-state index contributed by atoms with van der Waals surface area (Å²) in [7, 11) is 0. The Bertz CT molecular complexity index is 1230. The van der Waals surface area contributed by atoms with Crippen molar-refractivity contribution in [3.63, 3.8) is 0 Å². The Morgan fingerprint density at radius 2 is 1.64 bits per heavy atom. The van der Waals surface area contributed by atoms with Gasteiger partial charge in [0.15, 0.2) is 5.78 Å². The highest BCUT2D eigenvalue weighted by Gasteiger charge is 2.19. The number of nitrogens with zero attached hydrogens (tertiary/aromatic N) is 1. The van der Waals surface area contributed by atoms with Crippen molar-refractivity contribution in [2.75, 3.05) is 0 Å². The molecular weight excluding hydrogens is 441 g/mol. The fourth-order valence-electron chi connectivity index (χ4n) is 3.46. The molecule has 1 heterocycles. The summed E-state index contributed by atoms with van der Waals surface area (Å²) >= 11 is 0. The second kappa shape index (κ2) is 10.9. The van der Waals surface area contributed by atoms with E-state index >= 15 is 0 Å². The summed E-state index contributed by atoms with van der Waals surface area (Å²) in [6, 6.07) is 26.2. The van der Waals surface area contributed by atoms with E-state index in [9.17, 15) is 14.3 Å². The Hall–Kier alpha value is -3.54. The molecule has 0 aliphatic rings. The number of aliphatic hydroxyl groups is 1. The Morgan fingerprint density at radius 1 is 0.909 bits per heavy atom. The number of aromatic nitrogens is 1. The predicted molar refractivity (Wildman–Crippen MR) is 120 cm³/mol. The average Bonchev–Trinajstić information content (AvgIpc) is 2.81. The number of carbonyl (C=O) groups excluding carboxylic acids is 1. The minimum atomic E-state index is -0.553. The molecule has 4 nitrogen and oxygen atoms in total. The number of hydrogen-bond donors (Lipinski definition) is 1. The molecule has 0 aliphatic heterocycles. The molecule has 0 spiro atoms. The van der Waals surface area contributed by atoms with E-state index in [-0.39, 0.29) is 24.0 Å². The first-order valence-electron chi connectivity index (χ1n) is 10.4. The molecule has 3 aromatic carbocycles. The van der Waals surface area contributed by atoms with Crippen LogP contribution in [-0.4, -0.2) is 17.0 Å². The number of carbonyl (C=O) groups is 1. The fourth-order valence-corrected chi connectivity index (χ4v) is 3.46. The molecule has 168 valence electrons. The highest BCUT2D eigenvalue weighted by Crippen LogP contribution is 2.20. The zero-order chi connectivity index (χ0) is 22.5. The molecule has 0 radical (unpaired) electrons. The molecule has 4 aromatic rings. The van der Waals surface area contributed by atoms with Crippen LogP contribution in [0.4, 0.5) is 4.39 Å². The van der Waals surface area contributed by atoms with Crippen molar-refractivity contribution in [2.45, 2.75) is 19.4 Å². The van der Waals surface area contributed by atoms with Gasteiger partial charge in [0.05, 0.1) is 12.5 Å². The number of pyridine rings is 1. The molecule has 0 saturated heterocycles. The van der Waals surface area contributed by atoms with Gasteiger partial charge in [-0.2, -0.15) is 0 Å². The zero-order valence-corrected chi connectivity index (χ0v) is 18.7. The van der Waals surface area contributed by atoms with Gasteiger partial charge < -0.3 is 17.5 Å². The number of aliphatic hydroxyl groups excluding tert-OH is 1. The maximum Gasteiger partial charge on any atom is 0.238 e. The summed E-state index contributed by atoms with van der Waals surface area (Å²) in [6.07, 6.45) is 1.64. The third-order valence-electron chi connectivity index (χ3n) is 5.01. The van der Waals surface area contributed by atoms with Crippen molar-refractivity contribution in [1.82, 2.24) is 0 Å². The Balaban J connectivity index is 0.00000306. The lowest BCUT2D eigenvalue weighted by Gasteiger charge is -2.08. The molecule has 1 atom stereocenters. The summed E-state index contributed by atoms with van der Waals surface area (Å²) < 4.78 is 14.8. The van der Waals surface area contributed by atoms with Gasteiger partial charge in [0, 0.05) is 28.0 Å². The fraction of sp³-hybridized carbons (Fsp3) is 0.111. The molecule has 0 aliphatic carbocycles. The van der Waals surface area contributed by atoms with Crippen molar-refractivity contribution in [3.8, 4) is 16.9 Å². The molecule has 33 heavy (non-hydrogen) atoms. The van der Waals surface area contributed by atoms with E-state index in [0.717, 1.165) is 16.8 Å². The van der Waals surface area contributed by atoms with E-state index in [2.05, 4.69) is 0 Å². The predicted octanol–water partition coefficient (Wildman–Crippen LogP) is 1.78. The Labute approximate surface area is 198 Å². The summed E-state index contributed by atoms with van der Waals surface area (Å²) in [6.45, 7) is 1.72. The van der Waals surface area contributed by atoms with E-state index in [0.29, 0.717) is 23.3 Å². The molecule has 1 N–H and O–H groups in total. The SMILES string of the molecule is CC(O)Cc1cc(-c2ccccc2)cc[n+]1Oc1cccc(C(=O)c2ccc(F)cc2)c1.[Cl-]. The van der Waals surface area contributed by atoms with E-state index in [4.69, 9.17) is 4.84 Å². The second-order valence-corrected chi connectivity index (χ2v) is 7.61. The quantitative estimate of drug-likeness (QED) is 0.336. The highest BCUT2D eigenvalue weighted by molar-refractivity contribution is 6.09. The maximum atomic E-state index is 13.2. The van der Waals surface area contributed by atoms with Crippen LogP contribution in [0.1, 0.15) is 28.5 Å². The van der Waals surface area contributed by atoms with Crippen LogP contribution in [0.25, 0.3) is 11.1 Å². The van der Waals surface area contributed by atoms with Crippen LogP contribution < -0.4 is 22.0 Å². The average molecular weight is 464 g/mol.